The molecule has 0 spiro atoms. The van der Waals surface area contributed by atoms with Crippen LogP contribution in [0.3, 0.4) is 0 Å². The van der Waals surface area contributed by atoms with Crippen molar-refractivity contribution in [2.24, 2.45) is 0 Å². The molecule has 0 bridgehead atoms. The van der Waals surface area contributed by atoms with E-state index in [2.05, 4.69) is 15.5 Å². The number of aromatic nitrogens is 2. The van der Waals surface area contributed by atoms with E-state index in [1.165, 1.54) is 6.42 Å². The van der Waals surface area contributed by atoms with Gasteiger partial charge in [0.25, 0.3) is 0 Å². The number of H-pyrrole nitrogens is 1. The van der Waals surface area contributed by atoms with Gasteiger partial charge in [-0.15, -0.1) is 0 Å². The number of carbonyl (C=O) groups is 1. The second-order valence-corrected chi connectivity index (χ2v) is 6.97. The molecule has 1 aliphatic carbocycles. The average Bonchev–Trinajstić information content (AvgIpc) is 3.11. The average molecular weight is 346 g/mol. The highest BCUT2D eigenvalue weighted by Crippen LogP contribution is 2.48. The molecule has 1 aromatic carbocycles. The number of anilines is 1. The number of nitrogens with one attached hydrogen (secondary N) is 2. The van der Waals surface area contributed by atoms with Crippen LogP contribution in [0, 0.1) is 0 Å². The molecular weight excluding hydrogens is 330 g/mol. The van der Waals surface area contributed by atoms with Gasteiger partial charge in [0.1, 0.15) is 0 Å². The Morgan fingerprint density at radius 1 is 1.21 bits per heavy atom. The van der Waals surface area contributed by atoms with E-state index in [0.717, 1.165) is 29.7 Å². The molecule has 2 aliphatic heterocycles. The lowest BCUT2D eigenvalue weighted by molar-refractivity contribution is -0.116. The molecule has 1 atom stereocenters. The predicted molar refractivity (Wildman–Crippen MR) is 87.8 cm³/mol. The van der Waals surface area contributed by atoms with Crippen molar-refractivity contribution in [2.75, 3.05) is 12.1 Å². The Morgan fingerprint density at radius 2 is 2.00 bits per heavy atom. The molecule has 5 rings (SSSR count). The minimum atomic E-state index is -0.120. The van der Waals surface area contributed by atoms with Crippen molar-refractivity contribution >= 4 is 23.3 Å². The molecule has 1 aromatic heterocycles. The number of ether oxygens (including phenoxy) is 2. The molecule has 2 aromatic rings. The number of hydrogen-bond acceptors (Lipinski definition) is 4. The molecule has 0 unspecified atom stereocenters. The lowest BCUT2D eigenvalue weighted by Crippen LogP contribution is -2.25. The third-order valence-corrected chi connectivity index (χ3v) is 5.54. The van der Waals surface area contributed by atoms with Crippen molar-refractivity contribution < 1.29 is 14.3 Å². The van der Waals surface area contributed by atoms with E-state index in [0.29, 0.717) is 34.7 Å². The van der Waals surface area contributed by atoms with Crippen molar-refractivity contribution in [3.8, 4) is 11.5 Å². The van der Waals surface area contributed by atoms with Crippen LogP contribution in [0.15, 0.2) is 12.1 Å². The number of aromatic amines is 1. The van der Waals surface area contributed by atoms with Crippen LogP contribution in [0.25, 0.3) is 0 Å². The third kappa shape index (κ3) is 2.02. The molecule has 0 saturated heterocycles. The van der Waals surface area contributed by atoms with Crippen LogP contribution in [0.1, 0.15) is 54.3 Å². The van der Waals surface area contributed by atoms with E-state index in [4.69, 9.17) is 21.1 Å². The number of amides is 1. The highest BCUT2D eigenvalue weighted by molar-refractivity contribution is 6.31. The van der Waals surface area contributed by atoms with Crippen molar-refractivity contribution in [1.29, 1.82) is 0 Å². The standard InChI is InChI=1S/C17H16ClN3O3/c18-11-6-13-12(23-7-24-13)4-9(11)10-5-14(22)19-17-15(10)16(20-21-17)8-2-1-3-8/h4,6,8,10H,1-3,5,7H2,(H2,19,20,21,22)/t10-/m0/s1. The smallest absolute Gasteiger partial charge is 0.231 e. The van der Waals surface area contributed by atoms with Crippen molar-refractivity contribution in [3.05, 3.63) is 34.0 Å². The molecule has 1 fully saturated rings. The fourth-order valence-corrected chi connectivity index (χ4v) is 4.04. The van der Waals surface area contributed by atoms with Gasteiger partial charge < -0.3 is 14.8 Å². The second-order valence-electron chi connectivity index (χ2n) is 6.56. The summed E-state index contributed by atoms with van der Waals surface area (Å²) in [4.78, 5) is 12.2. The van der Waals surface area contributed by atoms with Crippen LogP contribution in [0.4, 0.5) is 5.82 Å². The second kappa shape index (κ2) is 5.14. The zero-order chi connectivity index (χ0) is 16.3. The van der Waals surface area contributed by atoms with Gasteiger partial charge in [-0.05, 0) is 24.5 Å². The maximum atomic E-state index is 12.2. The fraction of sp³-hybridized carbons (Fsp3) is 0.412. The molecule has 6 nitrogen and oxygen atoms in total. The summed E-state index contributed by atoms with van der Waals surface area (Å²) in [6.45, 7) is 0.199. The van der Waals surface area contributed by atoms with Gasteiger partial charge in [-0.25, -0.2) is 0 Å². The van der Waals surface area contributed by atoms with Crippen LogP contribution in [0.5, 0.6) is 11.5 Å². The molecule has 24 heavy (non-hydrogen) atoms. The minimum Gasteiger partial charge on any atom is -0.454 e. The molecule has 3 heterocycles. The Kier molecular flexibility index (Phi) is 3.03. The SMILES string of the molecule is O=C1C[C@@H](c2cc3c(cc2Cl)OCO3)c2c(n[nH]c2C2CCC2)N1. The highest BCUT2D eigenvalue weighted by Gasteiger charge is 2.37. The summed E-state index contributed by atoms with van der Waals surface area (Å²) in [5.41, 5.74) is 3.09. The predicted octanol–water partition coefficient (Wildman–Crippen LogP) is 3.53. The lowest BCUT2D eigenvalue weighted by atomic mass is 9.77. The number of nitrogens with zero attached hydrogens (tertiary/aromatic N) is 1. The van der Waals surface area contributed by atoms with E-state index in [1.807, 2.05) is 6.07 Å². The van der Waals surface area contributed by atoms with Crippen LogP contribution in [-0.2, 0) is 4.79 Å². The van der Waals surface area contributed by atoms with Gasteiger partial charge in [-0.3, -0.25) is 9.89 Å². The fourth-order valence-electron chi connectivity index (χ4n) is 3.76. The first-order valence-corrected chi connectivity index (χ1v) is 8.55. The lowest BCUT2D eigenvalue weighted by Gasteiger charge is -2.29. The number of hydrogen-bond donors (Lipinski definition) is 2. The number of halogens is 1. The molecule has 2 N–H and O–H groups in total. The van der Waals surface area contributed by atoms with E-state index < -0.39 is 0 Å². The van der Waals surface area contributed by atoms with Gasteiger partial charge in [0.05, 0.1) is 0 Å². The largest absolute Gasteiger partial charge is 0.454 e. The summed E-state index contributed by atoms with van der Waals surface area (Å²) in [7, 11) is 0. The normalized spacial score (nSPS) is 22.0. The Morgan fingerprint density at radius 3 is 2.75 bits per heavy atom. The van der Waals surface area contributed by atoms with Crippen molar-refractivity contribution in [2.45, 2.75) is 37.5 Å². The van der Waals surface area contributed by atoms with Crippen LogP contribution in [0.2, 0.25) is 5.02 Å². The Hall–Kier alpha value is -2.21. The zero-order valence-corrected chi connectivity index (χ0v) is 13.7. The summed E-state index contributed by atoms with van der Waals surface area (Å²) in [5, 5.41) is 10.9. The van der Waals surface area contributed by atoms with Crippen molar-refractivity contribution in [1.82, 2.24) is 10.2 Å². The molecule has 124 valence electrons. The Labute approximate surface area is 143 Å². The van der Waals surface area contributed by atoms with E-state index in [-0.39, 0.29) is 18.6 Å². The summed E-state index contributed by atoms with van der Waals surface area (Å²) in [6.07, 6.45) is 3.90. The van der Waals surface area contributed by atoms with Crippen LogP contribution >= 0.6 is 11.6 Å². The van der Waals surface area contributed by atoms with Crippen LogP contribution in [-0.4, -0.2) is 22.9 Å². The van der Waals surface area contributed by atoms with E-state index in [1.54, 1.807) is 6.07 Å². The van der Waals surface area contributed by atoms with Crippen LogP contribution < -0.4 is 14.8 Å². The quantitative estimate of drug-likeness (QED) is 0.873. The maximum absolute atomic E-state index is 12.2. The summed E-state index contributed by atoms with van der Waals surface area (Å²) >= 11 is 6.50. The van der Waals surface area contributed by atoms with Gasteiger partial charge in [-0.2, -0.15) is 5.10 Å². The monoisotopic (exact) mass is 345 g/mol. The number of carbonyl (C=O) groups excluding carboxylic acids is 1. The first kappa shape index (κ1) is 14.2. The van der Waals surface area contributed by atoms with Gasteiger partial charge in [0.15, 0.2) is 17.3 Å². The molecule has 7 heteroatoms. The molecule has 1 amide bonds. The van der Waals surface area contributed by atoms with Gasteiger partial charge in [0.2, 0.25) is 12.7 Å². The molecular formula is C17H16ClN3O3. The highest BCUT2D eigenvalue weighted by atomic mass is 35.5. The Balaban J connectivity index is 1.64. The third-order valence-electron chi connectivity index (χ3n) is 5.21. The topological polar surface area (TPSA) is 76.2 Å². The maximum Gasteiger partial charge on any atom is 0.231 e. The van der Waals surface area contributed by atoms with Crippen molar-refractivity contribution in [3.63, 3.8) is 0 Å². The zero-order valence-electron chi connectivity index (χ0n) is 12.9. The van der Waals surface area contributed by atoms with E-state index >= 15 is 0 Å². The first-order valence-electron chi connectivity index (χ1n) is 8.17. The first-order chi connectivity index (χ1) is 11.7. The number of fused-ring (bicyclic) bond motifs is 2. The van der Waals surface area contributed by atoms with Gasteiger partial charge >= 0.3 is 0 Å². The summed E-state index contributed by atoms with van der Waals surface area (Å²) < 4.78 is 10.9. The minimum absolute atomic E-state index is 0.0482. The Bertz CT molecular complexity index is 844. The summed E-state index contributed by atoms with van der Waals surface area (Å²) in [6, 6.07) is 3.67. The molecule has 3 aliphatic rings. The van der Waals surface area contributed by atoms with Gasteiger partial charge in [-0.1, -0.05) is 18.0 Å². The number of rotatable bonds is 2. The van der Waals surface area contributed by atoms with E-state index in [9.17, 15) is 4.79 Å². The number of benzene rings is 1. The van der Waals surface area contributed by atoms with Gasteiger partial charge in [0, 0.05) is 40.6 Å². The summed E-state index contributed by atoms with van der Waals surface area (Å²) in [5.74, 6) is 2.28. The molecule has 0 radical (unpaired) electrons. The molecule has 1 saturated carbocycles.